The first kappa shape index (κ1) is 21.0. The van der Waals surface area contributed by atoms with Crippen LogP contribution in [-0.2, 0) is 32.7 Å². The van der Waals surface area contributed by atoms with Crippen molar-refractivity contribution in [3.05, 3.63) is 34.9 Å². The molecule has 9 heteroatoms. The van der Waals surface area contributed by atoms with Gasteiger partial charge in [-0.25, -0.2) is 4.79 Å². The fourth-order valence-corrected chi connectivity index (χ4v) is 4.86. The third-order valence-corrected chi connectivity index (χ3v) is 6.14. The zero-order valence-corrected chi connectivity index (χ0v) is 16.4. The Kier molecular flexibility index (Phi) is 6.70. The molecule has 8 nitrogen and oxygen atoms in total. The van der Waals surface area contributed by atoms with Gasteiger partial charge in [0, 0.05) is 11.6 Å². The SMILES string of the molecule is CCOP1(=O)OC(CC(=O)OC)c2cc(C(C)=O)cc(C=CC(=O)OC)c21. The van der Waals surface area contributed by atoms with Crippen LogP contribution in [0.25, 0.3) is 6.08 Å². The predicted molar refractivity (Wildman–Crippen MR) is 96.8 cm³/mol. The van der Waals surface area contributed by atoms with Crippen LogP contribution in [0.2, 0.25) is 0 Å². The van der Waals surface area contributed by atoms with Gasteiger partial charge in [0.2, 0.25) is 0 Å². The van der Waals surface area contributed by atoms with Crippen molar-refractivity contribution >= 4 is 36.7 Å². The summed E-state index contributed by atoms with van der Waals surface area (Å²) in [6.07, 6.45) is 1.44. The molecule has 0 N–H and O–H groups in total. The van der Waals surface area contributed by atoms with E-state index in [9.17, 15) is 18.9 Å². The molecule has 0 radical (unpaired) electrons. The van der Waals surface area contributed by atoms with Gasteiger partial charge in [-0.1, -0.05) is 0 Å². The summed E-state index contributed by atoms with van der Waals surface area (Å²) in [5.41, 5.74) is 1.04. The molecular formula is C18H21O8P. The summed E-state index contributed by atoms with van der Waals surface area (Å²) in [6.45, 7) is 3.14. The van der Waals surface area contributed by atoms with E-state index in [-0.39, 0.29) is 24.1 Å². The third-order valence-electron chi connectivity index (χ3n) is 3.94. The number of Topliss-reactive ketones (excluding diaryl/α,β-unsaturated/α-hetero) is 1. The van der Waals surface area contributed by atoms with Gasteiger partial charge in [0.1, 0.15) is 6.10 Å². The Bertz CT molecular complexity index is 842. The van der Waals surface area contributed by atoms with Crippen molar-refractivity contribution in [2.45, 2.75) is 26.4 Å². The molecule has 0 spiro atoms. The highest BCUT2D eigenvalue weighted by Crippen LogP contribution is 2.59. The number of methoxy groups -OCH3 is 2. The third kappa shape index (κ3) is 4.53. The van der Waals surface area contributed by atoms with Gasteiger partial charge in [-0.05, 0) is 43.2 Å². The number of hydrogen-bond acceptors (Lipinski definition) is 8. The number of hydrogen-bond donors (Lipinski definition) is 0. The molecule has 1 aliphatic heterocycles. The van der Waals surface area contributed by atoms with E-state index in [0.29, 0.717) is 16.7 Å². The quantitative estimate of drug-likeness (QED) is 0.300. The average Bonchev–Trinajstić information content (AvgIpc) is 2.91. The first-order valence-corrected chi connectivity index (χ1v) is 9.75. The molecule has 0 bridgehead atoms. The molecule has 0 aliphatic carbocycles. The molecule has 0 saturated carbocycles. The minimum Gasteiger partial charge on any atom is -0.469 e. The van der Waals surface area contributed by atoms with Crippen molar-refractivity contribution in [3.63, 3.8) is 0 Å². The largest absolute Gasteiger partial charge is 0.469 e. The van der Waals surface area contributed by atoms with Crippen molar-refractivity contribution in [3.8, 4) is 0 Å². The van der Waals surface area contributed by atoms with Crippen LogP contribution in [0, 0.1) is 0 Å². The van der Waals surface area contributed by atoms with Crippen LogP contribution in [0.15, 0.2) is 18.2 Å². The Hall–Kier alpha value is -2.28. The van der Waals surface area contributed by atoms with E-state index in [1.54, 1.807) is 6.92 Å². The zero-order valence-electron chi connectivity index (χ0n) is 15.5. The number of esters is 2. The normalized spacial score (nSPS) is 21.1. The lowest BCUT2D eigenvalue weighted by atomic mass is 9.98. The topological polar surface area (TPSA) is 105 Å². The van der Waals surface area contributed by atoms with Crippen LogP contribution in [0.4, 0.5) is 0 Å². The van der Waals surface area contributed by atoms with Crippen molar-refractivity contribution < 1.29 is 37.5 Å². The molecule has 2 atom stereocenters. The molecule has 2 unspecified atom stereocenters. The number of fused-ring (bicyclic) bond motifs is 1. The summed E-state index contributed by atoms with van der Waals surface area (Å²) in [7, 11) is -1.30. The van der Waals surface area contributed by atoms with Crippen LogP contribution >= 0.6 is 7.60 Å². The first-order valence-electron chi connectivity index (χ1n) is 8.21. The summed E-state index contributed by atoms with van der Waals surface area (Å²) in [6, 6.07) is 3.02. The number of carbonyl (C=O) groups excluding carboxylic acids is 3. The maximum Gasteiger partial charge on any atom is 0.362 e. The van der Waals surface area contributed by atoms with Crippen molar-refractivity contribution in [2.75, 3.05) is 20.8 Å². The van der Waals surface area contributed by atoms with E-state index < -0.39 is 25.6 Å². The highest BCUT2D eigenvalue weighted by molar-refractivity contribution is 7.62. The van der Waals surface area contributed by atoms with E-state index in [1.807, 2.05) is 0 Å². The maximum atomic E-state index is 13.3. The molecule has 1 aromatic rings. The van der Waals surface area contributed by atoms with Gasteiger partial charge < -0.3 is 14.0 Å². The zero-order chi connectivity index (χ0) is 20.2. The van der Waals surface area contributed by atoms with Gasteiger partial charge in [-0.3, -0.25) is 18.7 Å². The smallest absolute Gasteiger partial charge is 0.362 e. The van der Waals surface area contributed by atoms with Crippen molar-refractivity contribution in [2.24, 2.45) is 0 Å². The Morgan fingerprint density at radius 2 is 1.93 bits per heavy atom. The highest BCUT2D eigenvalue weighted by atomic mass is 31.2. The standard InChI is InChI=1S/C18H21O8P/c1-5-25-27(22)18-12(6-7-16(20)23-3)8-13(11(2)19)9-14(18)15(26-27)10-17(21)24-4/h6-9,15H,5,10H2,1-4H3. The number of benzene rings is 1. The minimum atomic E-state index is -3.76. The van der Waals surface area contributed by atoms with Crippen LogP contribution in [0.3, 0.4) is 0 Å². The monoisotopic (exact) mass is 396 g/mol. The van der Waals surface area contributed by atoms with Crippen molar-refractivity contribution in [1.82, 2.24) is 0 Å². The molecule has 0 aromatic heterocycles. The van der Waals surface area contributed by atoms with E-state index in [1.165, 1.54) is 39.4 Å². The molecule has 1 aliphatic rings. The summed E-state index contributed by atoms with van der Waals surface area (Å²) in [4.78, 5) is 35.1. The Morgan fingerprint density at radius 3 is 2.48 bits per heavy atom. The lowest BCUT2D eigenvalue weighted by Crippen LogP contribution is -2.14. The second kappa shape index (κ2) is 8.61. The van der Waals surface area contributed by atoms with Crippen LogP contribution in [0.1, 0.15) is 47.9 Å². The molecule has 0 amide bonds. The lowest BCUT2D eigenvalue weighted by Gasteiger charge is -2.14. The van der Waals surface area contributed by atoms with Crippen LogP contribution in [0.5, 0.6) is 0 Å². The minimum absolute atomic E-state index is 0.107. The lowest BCUT2D eigenvalue weighted by molar-refractivity contribution is -0.142. The number of rotatable bonds is 7. The van der Waals surface area contributed by atoms with E-state index in [4.69, 9.17) is 9.05 Å². The van der Waals surface area contributed by atoms with Gasteiger partial charge in [0.15, 0.2) is 5.78 Å². The van der Waals surface area contributed by atoms with Gasteiger partial charge in [-0.2, -0.15) is 0 Å². The fourth-order valence-electron chi connectivity index (χ4n) is 2.72. The maximum absolute atomic E-state index is 13.3. The molecule has 0 fully saturated rings. The molecule has 27 heavy (non-hydrogen) atoms. The Labute approximate surface area is 157 Å². The molecule has 146 valence electrons. The first-order chi connectivity index (χ1) is 12.8. The van der Waals surface area contributed by atoms with Gasteiger partial charge in [0.05, 0.1) is 32.6 Å². The van der Waals surface area contributed by atoms with Gasteiger partial charge in [0.25, 0.3) is 0 Å². The second-order valence-electron chi connectivity index (χ2n) is 5.71. The van der Waals surface area contributed by atoms with Crippen molar-refractivity contribution in [1.29, 1.82) is 0 Å². The average molecular weight is 396 g/mol. The number of ketones is 1. The predicted octanol–water partition coefficient (Wildman–Crippen LogP) is 2.56. The second-order valence-corrected chi connectivity index (χ2v) is 7.62. The number of ether oxygens (including phenoxy) is 2. The highest BCUT2D eigenvalue weighted by Gasteiger charge is 2.45. The number of carbonyl (C=O) groups is 3. The van der Waals surface area contributed by atoms with Gasteiger partial charge in [-0.15, -0.1) is 0 Å². The molecular weight excluding hydrogens is 375 g/mol. The molecule has 2 rings (SSSR count). The molecule has 0 saturated heterocycles. The summed E-state index contributed by atoms with van der Waals surface area (Å²) in [5, 5.41) is 0.225. The van der Waals surface area contributed by atoms with Gasteiger partial charge >= 0.3 is 19.5 Å². The van der Waals surface area contributed by atoms with Crippen LogP contribution in [-0.4, -0.2) is 38.5 Å². The van der Waals surface area contributed by atoms with E-state index >= 15 is 0 Å². The molecule has 1 aromatic carbocycles. The Balaban J connectivity index is 2.68. The van der Waals surface area contributed by atoms with E-state index in [2.05, 4.69) is 9.47 Å². The summed E-state index contributed by atoms with van der Waals surface area (Å²) < 4.78 is 33.5. The molecule has 1 heterocycles. The van der Waals surface area contributed by atoms with Crippen LogP contribution < -0.4 is 5.30 Å². The summed E-state index contributed by atoms with van der Waals surface area (Å²) >= 11 is 0. The fraction of sp³-hybridized carbons (Fsp3) is 0.389. The Morgan fingerprint density at radius 1 is 1.22 bits per heavy atom. The van der Waals surface area contributed by atoms with E-state index in [0.717, 1.165) is 6.08 Å². The summed E-state index contributed by atoms with van der Waals surface area (Å²) in [5.74, 6) is -1.41.